The van der Waals surface area contributed by atoms with Gasteiger partial charge < -0.3 is 0 Å². The standard InChI is InChI=1S/C11H13N5O/c1-2-16-9(8-6-4-3-5-7-8)13-10(15-12)14-11(16)17/h3-7H,2,12H2,1H3,(H,14,15,17). The fourth-order valence-corrected chi connectivity index (χ4v) is 1.58. The first-order chi connectivity index (χ1) is 8.26. The zero-order valence-corrected chi connectivity index (χ0v) is 9.42. The number of hydrogen-bond acceptors (Lipinski definition) is 5. The second-order valence-electron chi connectivity index (χ2n) is 3.41. The molecular weight excluding hydrogens is 218 g/mol. The Balaban J connectivity index is 2.67. The molecule has 0 spiro atoms. The third-order valence-electron chi connectivity index (χ3n) is 2.38. The monoisotopic (exact) mass is 231 g/mol. The summed E-state index contributed by atoms with van der Waals surface area (Å²) < 4.78 is 1.50. The highest BCUT2D eigenvalue weighted by molar-refractivity contribution is 5.56. The average Bonchev–Trinajstić information content (AvgIpc) is 2.38. The van der Waals surface area contributed by atoms with Crippen molar-refractivity contribution in [3.8, 4) is 11.4 Å². The topological polar surface area (TPSA) is 85.8 Å². The van der Waals surface area contributed by atoms with E-state index >= 15 is 0 Å². The van der Waals surface area contributed by atoms with Crippen molar-refractivity contribution < 1.29 is 0 Å². The molecule has 1 aromatic carbocycles. The van der Waals surface area contributed by atoms with E-state index in [1.54, 1.807) is 0 Å². The molecule has 0 bridgehead atoms. The summed E-state index contributed by atoms with van der Waals surface area (Å²) in [5.74, 6) is 5.91. The number of rotatable bonds is 3. The Labute approximate surface area is 98.1 Å². The van der Waals surface area contributed by atoms with E-state index in [0.29, 0.717) is 12.4 Å². The van der Waals surface area contributed by atoms with Gasteiger partial charge in [0.1, 0.15) is 5.82 Å². The number of benzene rings is 1. The average molecular weight is 231 g/mol. The highest BCUT2D eigenvalue weighted by atomic mass is 16.1. The van der Waals surface area contributed by atoms with Gasteiger partial charge in [-0.3, -0.25) is 9.99 Å². The Morgan fingerprint density at radius 3 is 2.59 bits per heavy atom. The van der Waals surface area contributed by atoms with Crippen LogP contribution in [0.25, 0.3) is 11.4 Å². The maximum atomic E-state index is 11.7. The molecule has 17 heavy (non-hydrogen) atoms. The van der Waals surface area contributed by atoms with E-state index in [1.807, 2.05) is 37.3 Å². The van der Waals surface area contributed by atoms with Crippen molar-refractivity contribution in [2.24, 2.45) is 5.84 Å². The summed E-state index contributed by atoms with van der Waals surface area (Å²) in [6, 6.07) is 9.44. The van der Waals surface area contributed by atoms with Gasteiger partial charge in [-0.15, -0.1) is 0 Å². The molecule has 0 amide bonds. The third kappa shape index (κ3) is 2.16. The molecule has 1 heterocycles. The molecule has 2 rings (SSSR count). The van der Waals surface area contributed by atoms with Crippen LogP contribution >= 0.6 is 0 Å². The lowest BCUT2D eigenvalue weighted by Crippen LogP contribution is -2.27. The van der Waals surface area contributed by atoms with Gasteiger partial charge >= 0.3 is 5.69 Å². The number of anilines is 1. The summed E-state index contributed by atoms with van der Waals surface area (Å²) in [4.78, 5) is 19.7. The molecule has 2 aromatic rings. The lowest BCUT2D eigenvalue weighted by atomic mass is 10.2. The number of hydrazine groups is 1. The molecule has 6 heteroatoms. The Morgan fingerprint density at radius 2 is 2.00 bits per heavy atom. The van der Waals surface area contributed by atoms with Crippen molar-refractivity contribution in [3.05, 3.63) is 40.8 Å². The van der Waals surface area contributed by atoms with Crippen LogP contribution in [0.3, 0.4) is 0 Å². The molecule has 0 unspecified atom stereocenters. The Hall–Kier alpha value is -2.21. The zero-order chi connectivity index (χ0) is 12.3. The van der Waals surface area contributed by atoms with Gasteiger partial charge in [0, 0.05) is 12.1 Å². The van der Waals surface area contributed by atoms with E-state index in [9.17, 15) is 4.79 Å². The van der Waals surface area contributed by atoms with E-state index in [-0.39, 0.29) is 11.6 Å². The lowest BCUT2D eigenvalue weighted by molar-refractivity contribution is 0.687. The van der Waals surface area contributed by atoms with Gasteiger partial charge in [0.15, 0.2) is 0 Å². The van der Waals surface area contributed by atoms with Crippen LogP contribution in [0.4, 0.5) is 5.95 Å². The molecule has 1 aromatic heterocycles. The van der Waals surface area contributed by atoms with Crippen LogP contribution in [0.15, 0.2) is 35.1 Å². The van der Waals surface area contributed by atoms with Crippen LogP contribution in [0.2, 0.25) is 0 Å². The van der Waals surface area contributed by atoms with Crippen LogP contribution in [0.1, 0.15) is 6.92 Å². The highest BCUT2D eigenvalue weighted by Crippen LogP contribution is 2.15. The van der Waals surface area contributed by atoms with Gasteiger partial charge in [0.05, 0.1) is 0 Å². The minimum absolute atomic E-state index is 0.124. The number of nitrogens with two attached hydrogens (primary N) is 1. The van der Waals surface area contributed by atoms with Crippen LogP contribution < -0.4 is 17.0 Å². The number of nitrogen functional groups attached to an aromatic ring is 1. The van der Waals surface area contributed by atoms with Gasteiger partial charge in [-0.25, -0.2) is 10.6 Å². The number of nitrogens with one attached hydrogen (secondary N) is 1. The van der Waals surface area contributed by atoms with Gasteiger partial charge in [-0.2, -0.15) is 9.97 Å². The predicted molar refractivity (Wildman–Crippen MR) is 65.2 cm³/mol. The predicted octanol–water partition coefficient (Wildman–Crippen LogP) is 0.611. The van der Waals surface area contributed by atoms with Crippen molar-refractivity contribution in [1.82, 2.24) is 14.5 Å². The van der Waals surface area contributed by atoms with Crippen LogP contribution in [0.5, 0.6) is 0 Å². The van der Waals surface area contributed by atoms with Gasteiger partial charge in [0.2, 0.25) is 5.95 Å². The number of nitrogens with zero attached hydrogens (tertiary/aromatic N) is 3. The summed E-state index contributed by atoms with van der Waals surface area (Å²) >= 11 is 0. The summed E-state index contributed by atoms with van der Waals surface area (Å²) in [5, 5.41) is 0. The fourth-order valence-electron chi connectivity index (χ4n) is 1.58. The van der Waals surface area contributed by atoms with E-state index in [0.717, 1.165) is 5.56 Å². The Bertz CT molecular complexity index is 564. The first kappa shape index (κ1) is 11.3. The molecule has 0 fully saturated rings. The van der Waals surface area contributed by atoms with Crippen LogP contribution in [0, 0.1) is 0 Å². The maximum Gasteiger partial charge on any atom is 0.352 e. The molecule has 0 radical (unpaired) electrons. The molecule has 0 saturated heterocycles. The molecular formula is C11H13N5O. The second-order valence-corrected chi connectivity index (χ2v) is 3.41. The van der Waals surface area contributed by atoms with E-state index in [1.165, 1.54) is 4.57 Å². The number of hydrogen-bond donors (Lipinski definition) is 2. The number of aromatic nitrogens is 3. The second kappa shape index (κ2) is 4.75. The molecule has 0 aliphatic rings. The molecule has 0 saturated carbocycles. The molecule has 3 N–H and O–H groups in total. The zero-order valence-electron chi connectivity index (χ0n) is 9.42. The van der Waals surface area contributed by atoms with Crippen molar-refractivity contribution in [3.63, 3.8) is 0 Å². The van der Waals surface area contributed by atoms with E-state index in [2.05, 4.69) is 15.4 Å². The first-order valence-electron chi connectivity index (χ1n) is 5.27. The third-order valence-corrected chi connectivity index (χ3v) is 2.38. The summed E-state index contributed by atoms with van der Waals surface area (Å²) in [5.41, 5.74) is 2.78. The van der Waals surface area contributed by atoms with E-state index < -0.39 is 0 Å². The van der Waals surface area contributed by atoms with Gasteiger partial charge in [-0.1, -0.05) is 30.3 Å². The normalized spacial score (nSPS) is 10.2. The van der Waals surface area contributed by atoms with E-state index in [4.69, 9.17) is 5.84 Å². The van der Waals surface area contributed by atoms with Crippen molar-refractivity contribution in [2.45, 2.75) is 13.5 Å². The molecule has 88 valence electrons. The minimum atomic E-state index is -0.366. The molecule has 6 nitrogen and oxygen atoms in total. The molecule has 0 aliphatic heterocycles. The quantitative estimate of drug-likeness (QED) is 0.597. The first-order valence-corrected chi connectivity index (χ1v) is 5.27. The summed E-state index contributed by atoms with van der Waals surface area (Å²) in [6.45, 7) is 2.38. The van der Waals surface area contributed by atoms with Gasteiger partial charge in [0.25, 0.3) is 0 Å². The highest BCUT2D eigenvalue weighted by Gasteiger charge is 2.09. The lowest BCUT2D eigenvalue weighted by Gasteiger charge is -2.10. The fraction of sp³-hybridized carbons (Fsp3) is 0.182. The van der Waals surface area contributed by atoms with Crippen molar-refractivity contribution >= 4 is 5.95 Å². The smallest absolute Gasteiger partial charge is 0.292 e. The maximum absolute atomic E-state index is 11.7. The SMILES string of the molecule is CCn1c(-c2ccccc2)nc(NN)nc1=O. The summed E-state index contributed by atoms with van der Waals surface area (Å²) in [6.07, 6.45) is 0. The minimum Gasteiger partial charge on any atom is -0.292 e. The molecule has 0 aliphatic carbocycles. The van der Waals surface area contributed by atoms with Crippen molar-refractivity contribution in [2.75, 3.05) is 5.43 Å². The Morgan fingerprint density at radius 1 is 1.29 bits per heavy atom. The largest absolute Gasteiger partial charge is 0.352 e. The van der Waals surface area contributed by atoms with Crippen molar-refractivity contribution in [1.29, 1.82) is 0 Å². The van der Waals surface area contributed by atoms with Gasteiger partial charge in [-0.05, 0) is 6.92 Å². The summed E-state index contributed by atoms with van der Waals surface area (Å²) in [7, 11) is 0. The Kier molecular flexibility index (Phi) is 3.15. The van der Waals surface area contributed by atoms with Crippen LogP contribution in [-0.2, 0) is 6.54 Å². The van der Waals surface area contributed by atoms with Crippen LogP contribution in [-0.4, -0.2) is 14.5 Å². The molecule has 0 atom stereocenters.